The maximum atomic E-state index is 11.5. The molecule has 114 valence electrons. The van der Waals surface area contributed by atoms with Gasteiger partial charge < -0.3 is 14.3 Å². The predicted octanol–water partition coefficient (Wildman–Crippen LogP) is 0.981. The van der Waals surface area contributed by atoms with Gasteiger partial charge in [-0.3, -0.25) is 4.79 Å². The molecule has 0 spiro atoms. The third-order valence-corrected chi connectivity index (χ3v) is 4.25. The monoisotopic (exact) mass is 311 g/mol. The number of aryl methyl sites for hydroxylation is 1. The van der Waals surface area contributed by atoms with E-state index in [0.717, 1.165) is 5.69 Å². The predicted molar refractivity (Wildman–Crippen MR) is 78.7 cm³/mol. The zero-order valence-corrected chi connectivity index (χ0v) is 12.6. The summed E-state index contributed by atoms with van der Waals surface area (Å²) in [5, 5.41) is 2.95. The first-order valence-electron chi connectivity index (χ1n) is 6.43. The summed E-state index contributed by atoms with van der Waals surface area (Å²) >= 11 is 0. The van der Waals surface area contributed by atoms with Crippen LogP contribution in [0.25, 0.3) is 0 Å². The lowest BCUT2D eigenvalue weighted by Crippen LogP contribution is -2.18. The van der Waals surface area contributed by atoms with E-state index in [1.54, 1.807) is 22.9 Å². The van der Waals surface area contributed by atoms with Crippen LogP contribution < -0.4 is 15.6 Å². The lowest BCUT2D eigenvalue weighted by molar-refractivity contribution is 0.417. The van der Waals surface area contributed by atoms with Crippen LogP contribution in [0.3, 0.4) is 0 Å². The number of nitrogens with one attached hydrogen (secondary N) is 2. The molecule has 0 aliphatic rings. The molecule has 7 nitrogen and oxygen atoms in total. The minimum atomic E-state index is -3.57. The van der Waals surface area contributed by atoms with Crippen molar-refractivity contribution in [1.82, 2.24) is 9.29 Å². The van der Waals surface area contributed by atoms with Gasteiger partial charge in [-0.15, -0.1) is 0 Å². The standard InChI is InChI=1S/C13H17N3O4S/c1-3-16-9-10(4-6-12(16)17)15-8-11-5-7-13(20-11)21(18,19)14-2/h4-7,9,14-15H,3,8H2,1-2H3. The number of nitrogens with zero attached hydrogens (tertiary/aromatic N) is 1. The largest absolute Gasteiger partial charge is 0.446 e. The molecule has 0 aliphatic heterocycles. The molecule has 0 aromatic carbocycles. The summed E-state index contributed by atoms with van der Waals surface area (Å²) in [4.78, 5) is 11.5. The van der Waals surface area contributed by atoms with E-state index in [2.05, 4.69) is 10.0 Å². The van der Waals surface area contributed by atoms with Gasteiger partial charge in [0.2, 0.25) is 5.09 Å². The van der Waals surface area contributed by atoms with E-state index in [1.165, 1.54) is 19.2 Å². The molecular weight excluding hydrogens is 294 g/mol. The van der Waals surface area contributed by atoms with Gasteiger partial charge in [0.1, 0.15) is 5.76 Å². The zero-order valence-electron chi connectivity index (χ0n) is 11.8. The van der Waals surface area contributed by atoms with Crippen molar-refractivity contribution >= 4 is 15.7 Å². The Balaban J connectivity index is 2.09. The first-order valence-corrected chi connectivity index (χ1v) is 7.91. The van der Waals surface area contributed by atoms with Crippen molar-refractivity contribution in [1.29, 1.82) is 0 Å². The Bertz CT molecular complexity index is 777. The Morgan fingerprint density at radius 3 is 2.67 bits per heavy atom. The summed E-state index contributed by atoms with van der Waals surface area (Å²) in [5.74, 6) is 0.484. The van der Waals surface area contributed by atoms with Gasteiger partial charge in [-0.2, -0.15) is 0 Å². The van der Waals surface area contributed by atoms with E-state index in [-0.39, 0.29) is 10.7 Å². The van der Waals surface area contributed by atoms with Crippen molar-refractivity contribution in [2.24, 2.45) is 0 Å². The van der Waals surface area contributed by atoms with Crippen LogP contribution in [0.2, 0.25) is 0 Å². The van der Waals surface area contributed by atoms with Gasteiger partial charge >= 0.3 is 0 Å². The highest BCUT2D eigenvalue weighted by Gasteiger charge is 2.16. The topological polar surface area (TPSA) is 93.3 Å². The average Bonchev–Trinajstić information content (AvgIpc) is 2.96. The Morgan fingerprint density at radius 2 is 2.00 bits per heavy atom. The fourth-order valence-corrected chi connectivity index (χ4v) is 2.44. The second-order valence-electron chi connectivity index (χ2n) is 4.32. The maximum absolute atomic E-state index is 11.5. The zero-order chi connectivity index (χ0) is 15.5. The molecule has 0 unspecified atom stereocenters. The number of furan rings is 1. The van der Waals surface area contributed by atoms with Crippen LogP contribution >= 0.6 is 0 Å². The molecule has 0 saturated heterocycles. The summed E-state index contributed by atoms with van der Waals surface area (Å²) < 4.78 is 32.1. The summed E-state index contributed by atoms with van der Waals surface area (Å²) in [6.45, 7) is 2.79. The van der Waals surface area contributed by atoms with Crippen molar-refractivity contribution in [3.05, 3.63) is 46.6 Å². The van der Waals surface area contributed by atoms with Gasteiger partial charge in [-0.25, -0.2) is 13.1 Å². The second-order valence-corrected chi connectivity index (χ2v) is 6.14. The van der Waals surface area contributed by atoms with E-state index in [4.69, 9.17) is 4.42 Å². The number of pyridine rings is 1. The summed E-state index contributed by atoms with van der Waals surface area (Å²) in [6, 6.07) is 6.14. The Morgan fingerprint density at radius 1 is 1.24 bits per heavy atom. The van der Waals surface area contributed by atoms with Crippen molar-refractivity contribution in [2.75, 3.05) is 12.4 Å². The van der Waals surface area contributed by atoms with Crippen molar-refractivity contribution in [3.8, 4) is 0 Å². The van der Waals surface area contributed by atoms with E-state index < -0.39 is 10.0 Å². The van der Waals surface area contributed by atoms with Crippen LogP contribution in [-0.2, 0) is 23.1 Å². The van der Waals surface area contributed by atoms with E-state index in [1.807, 2.05) is 6.92 Å². The molecule has 0 fully saturated rings. The average molecular weight is 311 g/mol. The highest BCUT2D eigenvalue weighted by molar-refractivity contribution is 7.89. The molecule has 2 rings (SSSR count). The van der Waals surface area contributed by atoms with Gasteiger partial charge in [-0.1, -0.05) is 0 Å². The minimum absolute atomic E-state index is 0.0663. The molecule has 0 amide bonds. The third kappa shape index (κ3) is 3.53. The van der Waals surface area contributed by atoms with Gasteiger partial charge in [0.05, 0.1) is 12.2 Å². The quantitative estimate of drug-likeness (QED) is 0.829. The molecule has 21 heavy (non-hydrogen) atoms. The molecule has 8 heteroatoms. The van der Waals surface area contributed by atoms with E-state index in [0.29, 0.717) is 18.8 Å². The Hall–Kier alpha value is -2.06. The molecule has 2 heterocycles. The minimum Gasteiger partial charge on any atom is -0.446 e. The van der Waals surface area contributed by atoms with Crippen LogP contribution in [0.4, 0.5) is 5.69 Å². The lowest BCUT2D eigenvalue weighted by Gasteiger charge is -2.07. The number of hydrogen-bond donors (Lipinski definition) is 2. The molecule has 0 atom stereocenters. The number of aromatic nitrogens is 1. The molecule has 2 aromatic rings. The number of hydrogen-bond acceptors (Lipinski definition) is 5. The first kappa shape index (κ1) is 15.3. The van der Waals surface area contributed by atoms with E-state index in [9.17, 15) is 13.2 Å². The highest BCUT2D eigenvalue weighted by atomic mass is 32.2. The Labute approximate surface area is 122 Å². The fourth-order valence-electron chi connectivity index (χ4n) is 1.77. The first-order chi connectivity index (χ1) is 9.96. The molecule has 2 aromatic heterocycles. The second kappa shape index (κ2) is 6.15. The highest BCUT2D eigenvalue weighted by Crippen LogP contribution is 2.15. The maximum Gasteiger partial charge on any atom is 0.273 e. The molecule has 0 aliphatic carbocycles. The van der Waals surface area contributed by atoms with Crippen LogP contribution in [0, 0.1) is 0 Å². The molecule has 0 radical (unpaired) electrons. The van der Waals surface area contributed by atoms with Crippen LogP contribution in [0.15, 0.2) is 44.8 Å². The van der Waals surface area contributed by atoms with Crippen molar-refractivity contribution < 1.29 is 12.8 Å². The summed E-state index contributed by atoms with van der Waals surface area (Å²) in [5.41, 5.74) is 0.689. The normalized spacial score (nSPS) is 11.5. The summed E-state index contributed by atoms with van der Waals surface area (Å²) in [7, 11) is -2.24. The van der Waals surface area contributed by atoms with Crippen LogP contribution in [0.1, 0.15) is 12.7 Å². The summed E-state index contributed by atoms with van der Waals surface area (Å²) in [6.07, 6.45) is 1.70. The van der Waals surface area contributed by atoms with Crippen molar-refractivity contribution in [2.45, 2.75) is 25.1 Å². The smallest absolute Gasteiger partial charge is 0.273 e. The molecule has 0 saturated carbocycles. The molecular formula is C13H17N3O4S. The number of sulfonamides is 1. The molecule has 2 N–H and O–H groups in total. The fraction of sp³-hybridized carbons (Fsp3) is 0.308. The van der Waals surface area contributed by atoms with Crippen molar-refractivity contribution in [3.63, 3.8) is 0 Å². The van der Waals surface area contributed by atoms with Crippen LogP contribution in [-0.4, -0.2) is 20.0 Å². The van der Waals surface area contributed by atoms with Gasteiger partial charge in [0, 0.05) is 18.8 Å². The van der Waals surface area contributed by atoms with Gasteiger partial charge in [0.25, 0.3) is 15.6 Å². The number of rotatable bonds is 6. The van der Waals surface area contributed by atoms with E-state index >= 15 is 0 Å². The van der Waals surface area contributed by atoms with Crippen LogP contribution in [0.5, 0.6) is 0 Å². The molecule has 0 bridgehead atoms. The SMILES string of the molecule is CCn1cc(NCc2ccc(S(=O)(=O)NC)o2)ccc1=O. The third-order valence-electron chi connectivity index (χ3n) is 2.96. The lowest BCUT2D eigenvalue weighted by atomic mass is 10.3. The number of anilines is 1. The Kier molecular flexibility index (Phi) is 4.49. The van der Waals surface area contributed by atoms with Gasteiger partial charge in [-0.05, 0) is 32.2 Å². The van der Waals surface area contributed by atoms with Gasteiger partial charge in [0.15, 0.2) is 0 Å².